The van der Waals surface area contributed by atoms with Gasteiger partial charge in [-0.15, -0.1) is 0 Å². The number of carbonyl (C=O) groups excluding carboxylic acids is 4. The van der Waals surface area contributed by atoms with Crippen molar-refractivity contribution in [2.24, 2.45) is 11.5 Å². The van der Waals surface area contributed by atoms with E-state index in [1.54, 1.807) is 0 Å². The number of aromatic amines is 1. The minimum atomic E-state index is -1.28. The Kier molecular flexibility index (Phi) is 8.57. The van der Waals surface area contributed by atoms with Crippen molar-refractivity contribution in [1.29, 1.82) is 0 Å². The summed E-state index contributed by atoms with van der Waals surface area (Å²) in [4.78, 5) is 74.9. The Labute approximate surface area is 163 Å². The molecule has 0 unspecified atom stereocenters. The maximum atomic E-state index is 12.2. The Morgan fingerprint density at radius 2 is 1.34 bits per heavy atom. The first-order valence-electron chi connectivity index (χ1n) is 8.21. The van der Waals surface area contributed by atoms with Gasteiger partial charge in [0, 0.05) is 12.8 Å². The average Bonchev–Trinajstić information content (AvgIpc) is 3.13. The van der Waals surface area contributed by atoms with Crippen molar-refractivity contribution in [3.8, 4) is 0 Å². The quantitative estimate of drug-likeness (QED) is 0.208. The SMILES string of the molecule is N[C@@H](CCC(=O)O)C(=O)NC(=O)c1nc[nH]c1C(=O)NC(=O)[C@@H](N)CCC(=O)O. The molecule has 0 radical (unpaired) electrons. The van der Waals surface area contributed by atoms with Crippen molar-refractivity contribution >= 4 is 35.6 Å². The maximum absolute atomic E-state index is 12.2. The summed E-state index contributed by atoms with van der Waals surface area (Å²) in [6, 6.07) is -2.55. The Hall–Kier alpha value is -3.65. The third-order valence-corrected chi connectivity index (χ3v) is 3.57. The summed E-state index contributed by atoms with van der Waals surface area (Å²) in [6.45, 7) is 0. The molecule has 0 aliphatic rings. The highest BCUT2D eigenvalue weighted by atomic mass is 16.4. The number of carboxylic acids is 2. The van der Waals surface area contributed by atoms with E-state index in [4.69, 9.17) is 21.7 Å². The largest absolute Gasteiger partial charge is 0.481 e. The van der Waals surface area contributed by atoms with Crippen LogP contribution in [-0.4, -0.2) is 67.8 Å². The predicted molar refractivity (Wildman–Crippen MR) is 93.2 cm³/mol. The Morgan fingerprint density at radius 1 is 0.897 bits per heavy atom. The van der Waals surface area contributed by atoms with Gasteiger partial charge in [-0.05, 0) is 12.8 Å². The van der Waals surface area contributed by atoms with Gasteiger partial charge in [0.05, 0.1) is 18.4 Å². The normalized spacial score (nSPS) is 12.5. The highest BCUT2D eigenvalue weighted by Crippen LogP contribution is 2.04. The number of carboxylic acid groups (broad SMARTS) is 2. The number of aromatic nitrogens is 2. The molecule has 1 heterocycles. The zero-order valence-electron chi connectivity index (χ0n) is 15.0. The summed E-state index contributed by atoms with van der Waals surface area (Å²) in [5.41, 5.74) is 9.99. The van der Waals surface area contributed by atoms with Crippen LogP contribution in [0.25, 0.3) is 0 Å². The molecule has 29 heavy (non-hydrogen) atoms. The van der Waals surface area contributed by atoms with E-state index in [0.717, 1.165) is 6.33 Å². The van der Waals surface area contributed by atoms with Crippen LogP contribution in [0.2, 0.25) is 0 Å². The van der Waals surface area contributed by atoms with Gasteiger partial charge in [-0.3, -0.25) is 39.4 Å². The number of hydrogen-bond donors (Lipinski definition) is 7. The van der Waals surface area contributed by atoms with Crippen molar-refractivity contribution in [1.82, 2.24) is 20.6 Å². The molecule has 14 nitrogen and oxygen atoms in total. The lowest BCUT2D eigenvalue weighted by Gasteiger charge is -2.11. The molecule has 1 rings (SSSR count). The molecule has 14 heteroatoms. The van der Waals surface area contributed by atoms with Crippen LogP contribution < -0.4 is 22.1 Å². The summed E-state index contributed by atoms with van der Waals surface area (Å²) in [7, 11) is 0. The van der Waals surface area contributed by atoms with Crippen LogP contribution in [0.4, 0.5) is 0 Å². The molecule has 0 aliphatic carbocycles. The molecular weight excluding hydrogens is 392 g/mol. The van der Waals surface area contributed by atoms with Crippen LogP contribution in [0.5, 0.6) is 0 Å². The molecule has 9 N–H and O–H groups in total. The summed E-state index contributed by atoms with van der Waals surface area (Å²) < 4.78 is 0. The average molecular weight is 412 g/mol. The van der Waals surface area contributed by atoms with E-state index in [0.29, 0.717) is 0 Å². The highest BCUT2D eigenvalue weighted by molar-refractivity contribution is 6.13. The van der Waals surface area contributed by atoms with Crippen molar-refractivity contribution in [3.05, 3.63) is 17.7 Å². The van der Waals surface area contributed by atoms with Gasteiger partial charge in [0.25, 0.3) is 11.8 Å². The zero-order chi connectivity index (χ0) is 22.1. The van der Waals surface area contributed by atoms with E-state index in [1.165, 1.54) is 0 Å². The third-order valence-electron chi connectivity index (χ3n) is 3.57. The molecular formula is C15H20N6O8. The van der Waals surface area contributed by atoms with Gasteiger partial charge >= 0.3 is 11.9 Å². The summed E-state index contributed by atoms with van der Waals surface area (Å²) >= 11 is 0. The second-order valence-corrected chi connectivity index (χ2v) is 5.84. The molecule has 0 spiro atoms. The molecule has 0 saturated heterocycles. The second kappa shape index (κ2) is 10.6. The number of nitrogens with one attached hydrogen (secondary N) is 3. The van der Waals surface area contributed by atoms with Gasteiger partial charge in [0.1, 0.15) is 5.69 Å². The van der Waals surface area contributed by atoms with Crippen LogP contribution in [0.15, 0.2) is 6.33 Å². The number of aliphatic carboxylic acids is 2. The fourth-order valence-corrected chi connectivity index (χ4v) is 1.99. The molecule has 0 aromatic carbocycles. The summed E-state index contributed by atoms with van der Waals surface area (Å²) in [6.07, 6.45) is -0.236. The number of nitrogens with two attached hydrogens (primary N) is 2. The molecule has 158 valence electrons. The van der Waals surface area contributed by atoms with Crippen LogP contribution in [-0.2, 0) is 19.2 Å². The minimum Gasteiger partial charge on any atom is -0.481 e. The smallest absolute Gasteiger partial charge is 0.303 e. The molecule has 2 atom stereocenters. The van der Waals surface area contributed by atoms with Crippen LogP contribution in [0.1, 0.15) is 46.7 Å². The molecule has 4 amide bonds. The minimum absolute atomic E-state index is 0.215. The van der Waals surface area contributed by atoms with Crippen molar-refractivity contribution in [2.45, 2.75) is 37.8 Å². The first-order chi connectivity index (χ1) is 13.5. The van der Waals surface area contributed by atoms with E-state index in [2.05, 4.69) is 9.97 Å². The number of nitrogens with zero attached hydrogens (tertiary/aromatic N) is 1. The monoisotopic (exact) mass is 412 g/mol. The number of imide groups is 2. The first kappa shape index (κ1) is 23.4. The van der Waals surface area contributed by atoms with Crippen molar-refractivity contribution < 1.29 is 39.0 Å². The number of carbonyl (C=O) groups is 6. The van der Waals surface area contributed by atoms with Gasteiger partial charge in [-0.25, -0.2) is 4.98 Å². The molecule has 0 fully saturated rings. The van der Waals surface area contributed by atoms with Crippen molar-refractivity contribution in [2.75, 3.05) is 0 Å². The number of H-pyrrole nitrogens is 1. The summed E-state index contributed by atoms with van der Waals surface area (Å²) in [5.74, 6) is -6.46. The highest BCUT2D eigenvalue weighted by Gasteiger charge is 2.26. The first-order valence-corrected chi connectivity index (χ1v) is 8.21. The van der Waals surface area contributed by atoms with Crippen LogP contribution >= 0.6 is 0 Å². The van der Waals surface area contributed by atoms with Crippen molar-refractivity contribution in [3.63, 3.8) is 0 Å². The lowest BCUT2D eigenvalue weighted by molar-refractivity contribution is -0.138. The maximum Gasteiger partial charge on any atom is 0.303 e. The van der Waals surface area contributed by atoms with Gasteiger partial charge in [0.15, 0.2) is 5.69 Å². The number of imidazole rings is 1. The van der Waals surface area contributed by atoms with Crippen LogP contribution in [0, 0.1) is 0 Å². The fraction of sp³-hybridized carbons (Fsp3) is 0.400. The molecule has 0 aliphatic heterocycles. The van der Waals surface area contributed by atoms with Gasteiger partial charge in [-0.2, -0.15) is 0 Å². The molecule has 0 saturated carbocycles. The fourth-order valence-electron chi connectivity index (χ4n) is 1.99. The number of hydrogen-bond acceptors (Lipinski definition) is 9. The van der Waals surface area contributed by atoms with E-state index < -0.39 is 59.0 Å². The predicted octanol–water partition coefficient (Wildman–Crippen LogP) is -2.69. The molecule has 0 bridgehead atoms. The van der Waals surface area contributed by atoms with E-state index in [1.807, 2.05) is 10.6 Å². The lowest BCUT2D eigenvalue weighted by atomic mass is 10.1. The lowest BCUT2D eigenvalue weighted by Crippen LogP contribution is -2.45. The van der Waals surface area contributed by atoms with Gasteiger partial charge in [0.2, 0.25) is 11.8 Å². The zero-order valence-corrected chi connectivity index (χ0v) is 15.0. The molecule has 1 aromatic heterocycles. The number of amides is 4. The van der Waals surface area contributed by atoms with E-state index in [-0.39, 0.29) is 25.7 Å². The van der Waals surface area contributed by atoms with Crippen LogP contribution in [0.3, 0.4) is 0 Å². The Morgan fingerprint density at radius 3 is 1.79 bits per heavy atom. The standard InChI is InChI=1S/C15H20N6O8/c16-6(1-3-8(22)23)12(26)20-14(28)10-11(19-5-18-10)15(29)21-13(27)7(17)2-4-9(24)25/h5-7H,1-4,16-17H2,(H,18,19)(H,22,23)(H,24,25)(H,20,26,28)(H,21,27,29)/t6-,7-/m0/s1. The number of rotatable bonds is 10. The summed E-state index contributed by atoms with van der Waals surface area (Å²) in [5, 5.41) is 20.9. The topological polar surface area (TPSA) is 248 Å². The second-order valence-electron chi connectivity index (χ2n) is 5.84. The van der Waals surface area contributed by atoms with E-state index >= 15 is 0 Å². The van der Waals surface area contributed by atoms with Gasteiger partial charge < -0.3 is 26.7 Å². The van der Waals surface area contributed by atoms with E-state index in [9.17, 15) is 28.8 Å². The third kappa shape index (κ3) is 7.47. The Bertz CT molecular complexity index is 755. The Balaban J connectivity index is 2.72. The molecule has 1 aromatic rings. The van der Waals surface area contributed by atoms with Gasteiger partial charge in [-0.1, -0.05) is 0 Å².